The van der Waals surface area contributed by atoms with Crippen molar-refractivity contribution in [1.29, 1.82) is 0 Å². The number of halogens is 1. The van der Waals surface area contributed by atoms with Gasteiger partial charge in [-0.25, -0.2) is 4.39 Å². The van der Waals surface area contributed by atoms with Crippen LogP contribution in [0.1, 0.15) is 22.7 Å². The molecule has 2 rings (SSSR count). The molecule has 0 aliphatic heterocycles. The van der Waals surface area contributed by atoms with Crippen LogP contribution >= 0.6 is 0 Å². The summed E-state index contributed by atoms with van der Waals surface area (Å²) in [6.45, 7) is 3.04. The molecule has 2 N–H and O–H groups in total. The Hall–Kier alpha value is -1.78. The lowest BCUT2D eigenvalue weighted by Gasteiger charge is -2.28. The van der Waals surface area contributed by atoms with E-state index in [2.05, 4.69) is 9.88 Å². The second kappa shape index (κ2) is 6.59. The molecule has 0 spiro atoms. The van der Waals surface area contributed by atoms with Gasteiger partial charge in [-0.1, -0.05) is 17.7 Å². The highest BCUT2D eigenvalue weighted by Gasteiger charge is 2.19. The smallest absolute Gasteiger partial charge is 0.128 e. The molecule has 1 heterocycles. The van der Waals surface area contributed by atoms with E-state index in [0.29, 0.717) is 18.7 Å². The summed E-state index contributed by atoms with van der Waals surface area (Å²) in [6.07, 6.45) is 3.52. The molecular formula is C16H20FN3. The molecule has 0 aliphatic carbocycles. The molecule has 0 fully saturated rings. The van der Waals surface area contributed by atoms with E-state index in [0.717, 1.165) is 11.1 Å². The van der Waals surface area contributed by atoms with Crippen LogP contribution in [0.15, 0.2) is 42.7 Å². The minimum atomic E-state index is -0.201. The molecular weight excluding hydrogens is 253 g/mol. The summed E-state index contributed by atoms with van der Waals surface area (Å²) in [5.41, 5.74) is 8.69. The monoisotopic (exact) mass is 273 g/mol. The Kier molecular flexibility index (Phi) is 4.82. The first-order valence-corrected chi connectivity index (χ1v) is 6.67. The number of aromatic nitrogens is 1. The first kappa shape index (κ1) is 14.6. The number of pyridine rings is 1. The standard InChI is InChI=1S/C16H20FN3/c1-12-3-4-15(17)14(9-12)16(10-18)20(2)11-13-5-7-19-8-6-13/h3-9,16H,10-11,18H2,1-2H3. The largest absolute Gasteiger partial charge is 0.329 e. The van der Waals surface area contributed by atoms with Crippen LogP contribution in [0.4, 0.5) is 4.39 Å². The zero-order valence-electron chi connectivity index (χ0n) is 11.9. The Labute approximate surface area is 119 Å². The fourth-order valence-electron chi connectivity index (χ4n) is 2.35. The Balaban J connectivity index is 2.21. The van der Waals surface area contributed by atoms with Crippen LogP contribution in [-0.2, 0) is 6.54 Å². The second-order valence-corrected chi connectivity index (χ2v) is 5.05. The molecule has 0 radical (unpaired) electrons. The summed E-state index contributed by atoms with van der Waals surface area (Å²) < 4.78 is 14.0. The third kappa shape index (κ3) is 3.40. The Morgan fingerprint density at radius 3 is 2.60 bits per heavy atom. The lowest BCUT2D eigenvalue weighted by atomic mass is 10.0. The fraction of sp³-hybridized carbons (Fsp3) is 0.312. The lowest BCUT2D eigenvalue weighted by Crippen LogP contribution is -2.31. The topological polar surface area (TPSA) is 42.1 Å². The van der Waals surface area contributed by atoms with Gasteiger partial charge in [-0.05, 0) is 37.7 Å². The summed E-state index contributed by atoms with van der Waals surface area (Å²) in [5, 5.41) is 0. The number of hydrogen-bond acceptors (Lipinski definition) is 3. The molecule has 1 unspecified atom stereocenters. The number of hydrogen-bond donors (Lipinski definition) is 1. The third-order valence-corrected chi connectivity index (χ3v) is 3.45. The maximum atomic E-state index is 14.0. The maximum absolute atomic E-state index is 14.0. The zero-order valence-corrected chi connectivity index (χ0v) is 11.9. The molecule has 0 aliphatic rings. The van der Waals surface area contributed by atoms with E-state index in [-0.39, 0.29) is 11.9 Å². The molecule has 106 valence electrons. The third-order valence-electron chi connectivity index (χ3n) is 3.45. The zero-order chi connectivity index (χ0) is 14.5. The van der Waals surface area contributed by atoms with Crippen LogP contribution < -0.4 is 5.73 Å². The van der Waals surface area contributed by atoms with E-state index in [1.165, 1.54) is 6.07 Å². The van der Waals surface area contributed by atoms with E-state index in [1.54, 1.807) is 18.5 Å². The quantitative estimate of drug-likeness (QED) is 0.910. The van der Waals surface area contributed by atoms with Crippen molar-refractivity contribution >= 4 is 0 Å². The van der Waals surface area contributed by atoms with Gasteiger partial charge in [0, 0.05) is 37.1 Å². The molecule has 0 amide bonds. The molecule has 20 heavy (non-hydrogen) atoms. The van der Waals surface area contributed by atoms with Crippen LogP contribution in [0.5, 0.6) is 0 Å². The van der Waals surface area contributed by atoms with Crippen molar-refractivity contribution < 1.29 is 4.39 Å². The first-order valence-electron chi connectivity index (χ1n) is 6.67. The fourth-order valence-corrected chi connectivity index (χ4v) is 2.35. The summed E-state index contributed by atoms with van der Waals surface area (Å²) >= 11 is 0. The van der Waals surface area contributed by atoms with Crippen LogP contribution in [0.25, 0.3) is 0 Å². The summed E-state index contributed by atoms with van der Waals surface area (Å²) in [7, 11) is 1.96. The van der Waals surface area contributed by atoms with Crippen molar-refractivity contribution in [3.8, 4) is 0 Å². The highest BCUT2D eigenvalue weighted by molar-refractivity contribution is 5.27. The Morgan fingerprint density at radius 1 is 1.25 bits per heavy atom. The molecule has 0 saturated heterocycles. The minimum Gasteiger partial charge on any atom is -0.329 e. The predicted octanol–water partition coefficient (Wildman–Crippen LogP) is 2.66. The molecule has 1 aromatic heterocycles. The number of nitrogens with zero attached hydrogens (tertiary/aromatic N) is 2. The van der Waals surface area contributed by atoms with Gasteiger partial charge in [-0.15, -0.1) is 0 Å². The summed E-state index contributed by atoms with van der Waals surface area (Å²) in [4.78, 5) is 6.06. The van der Waals surface area contributed by atoms with Crippen LogP contribution in [0, 0.1) is 12.7 Å². The predicted molar refractivity (Wildman–Crippen MR) is 78.6 cm³/mol. The van der Waals surface area contributed by atoms with Crippen LogP contribution in [0.2, 0.25) is 0 Å². The van der Waals surface area contributed by atoms with Crippen molar-refractivity contribution in [1.82, 2.24) is 9.88 Å². The number of benzene rings is 1. The van der Waals surface area contributed by atoms with Gasteiger partial charge in [-0.3, -0.25) is 9.88 Å². The first-order chi connectivity index (χ1) is 9.61. The van der Waals surface area contributed by atoms with Gasteiger partial charge in [0.05, 0.1) is 0 Å². The van der Waals surface area contributed by atoms with Gasteiger partial charge in [0.25, 0.3) is 0 Å². The highest BCUT2D eigenvalue weighted by atomic mass is 19.1. The van der Waals surface area contributed by atoms with E-state index < -0.39 is 0 Å². The number of nitrogens with two attached hydrogens (primary N) is 1. The molecule has 4 heteroatoms. The second-order valence-electron chi connectivity index (χ2n) is 5.05. The van der Waals surface area contributed by atoms with Gasteiger partial charge >= 0.3 is 0 Å². The molecule has 0 saturated carbocycles. The maximum Gasteiger partial charge on any atom is 0.128 e. The van der Waals surface area contributed by atoms with Crippen molar-refractivity contribution in [3.05, 3.63) is 65.2 Å². The Morgan fingerprint density at radius 2 is 1.95 bits per heavy atom. The summed E-state index contributed by atoms with van der Waals surface area (Å²) in [5.74, 6) is -0.201. The van der Waals surface area contributed by atoms with E-state index >= 15 is 0 Å². The number of likely N-dealkylation sites (N-methyl/N-ethyl adjacent to an activating group) is 1. The molecule has 3 nitrogen and oxygen atoms in total. The SMILES string of the molecule is Cc1ccc(F)c(C(CN)N(C)Cc2ccncc2)c1. The van der Waals surface area contributed by atoms with E-state index in [9.17, 15) is 4.39 Å². The molecule has 2 aromatic rings. The average Bonchev–Trinajstić information content (AvgIpc) is 2.44. The van der Waals surface area contributed by atoms with Crippen molar-refractivity contribution in [2.45, 2.75) is 19.5 Å². The molecule has 0 bridgehead atoms. The minimum absolute atomic E-state index is 0.136. The normalized spacial score (nSPS) is 12.7. The summed E-state index contributed by atoms with van der Waals surface area (Å²) in [6, 6.07) is 8.93. The van der Waals surface area contributed by atoms with Gasteiger partial charge in [0.15, 0.2) is 0 Å². The van der Waals surface area contributed by atoms with Gasteiger partial charge in [0.2, 0.25) is 0 Å². The van der Waals surface area contributed by atoms with Crippen molar-refractivity contribution in [3.63, 3.8) is 0 Å². The van der Waals surface area contributed by atoms with Crippen molar-refractivity contribution in [2.75, 3.05) is 13.6 Å². The lowest BCUT2D eigenvalue weighted by molar-refractivity contribution is 0.236. The van der Waals surface area contributed by atoms with Crippen LogP contribution in [0.3, 0.4) is 0 Å². The van der Waals surface area contributed by atoms with Gasteiger partial charge < -0.3 is 5.73 Å². The number of aryl methyl sites for hydroxylation is 1. The van der Waals surface area contributed by atoms with Gasteiger partial charge in [-0.2, -0.15) is 0 Å². The molecule has 1 aromatic carbocycles. The van der Waals surface area contributed by atoms with E-state index in [4.69, 9.17) is 5.73 Å². The van der Waals surface area contributed by atoms with E-state index in [1.807, 2.05) is 32.2 Å². The number of rotatable bonds is 5. The highest BCUT2D eigenvalue weighted by Crippen LogP contribution is 2.24. The van der Waals surface area contributed by atoms with Crippen LogP contribution in [-0.4, -0.2) is 23.5 Å². The average molecular weight is 273 g/mol. The van der Waals surface area contributed by atoms with Gasteiger partial charge in [0.1, 0.15) is 5.82 Å². The Bertz CT molecular complexity index is 557. The van der Waals surface area contributed by atoms with Crippen molar-refractivity contribution in [2.24, 2.45) is 5.73 Å². The molecule has 1 atom stereocenters.